The van der Waals surface area contributed by atoms with Gasteiger partial charge in [0.1, 0.15) is 6.54 Å². The van der Waals surface area contributed by atoms with Crippen LogP contribution in [0.3, 0.4) is 0 Å². The molecule has 0 atom stereocenters. The van der Waals surface area contributed by atoms with Gasteiger partial charge in [-0.25, -0.2) is 0 Å². The largest absolute Gasteiger partial charge is 0.396 e. The lowest BCUT2D eigenvalue weighted by Crippen LogP contribution is -2.36. The van der Waals surface area contributed by atoms with Gasteiger partial charge in [0.25, 0.3) is 16.8 Å². The van der Waals surface area contributed by atoms with Gasteiger partial charge in [-0.05, 0) is 54.1 Å². The monoisotopic (exact) mass is 507 g/mol. The minimum Gasteiger partial charge on any atom is -0.396 e. The van der Waals surface area contributed by atoms with Crippen molar-refractivity contribution in [3.63, 3.8) is 0 Å². The fourth-order valence-corrected chi connectivity index (χ4v) is 4.66. The van der Waals surface area contributed by atoms with E-state index in [9.17, 15) is 24.5 Å². The first-order valence-corrected chi connectivity index (χ1v) is 11.7. The van der Waals surface area contributed by atoms with E-state index in [-0.39, 0.29) is 17.2 Å². The zero-order chi connectivity index (χ0) is 24.1. The summed E-state index contributed by atoms with van der Waals surface area (Å²) in [5, 5.41) is 22.8. The average molecular weight is 508 g/mol. The molecule has 2 N–H and O–H groups in total. The van der Waals surface area contributed by atoms with Gasteiger partial charge in [0.2, 0.25) is 5.91 Å². The van der Waals surface area contributed by atoms with Crippen molar-refractivity contribution in [1.82, 2.24) is 4.90 Å². The SMILES string of the molecule is Cc1ccc(Cl)cc1NC(=O)CN1C(=O)S/C(=C\c2ccc(SCCO)c([N+](=O)[O-])c2)C1=O. The molecule has 0 spiro atoms. The number of aryl methyl sites for hydroxylation is 1. The smallest absolute Gasteiger partial charge is 0.294 e. The van der Waals surface area contributed by atoms with Crippen molar-refractivity contribution < 1.29 is 24.4 Å². The molecule has 0 saturated carbocycles. The molecule has 2 aromatic carbocycles. The number of imide groups is 1. The Labute approximate surface area is 202 Å². The Morgan fingerprint density at radius 1 is 1.30 bits per heavy atom. The lowest BCUT2D eigenvalue weighted by atomic mass is 10.2. The molecule has 3 rings (SSSR count). The van der Waals surface area contributed by atoms with Gasteiger partial charge in [-0.15, -0.1) is 11.8 Å². The molecule has 0 aliphatic carbocycles. The average Bonchev–Trinajstić information content (AvgIpc) is 3.02. The first-order valence-electron chi connectivity index (χ1n) is 9.53. The number of rotatable bonds is 8. The predicted octanol–water partition coefficient (Wildman–Crippen LogP) is 4.32. The Morgan fingerprint density at radius 3 is 2.76 bits per heavy atom. The number of aliphatic hydroxyl groups is 1. The minimum atomic E-state index is -0.663. The molecule has 0 radical (unpaired) electrons. The third-order valence-electron chi connectivity index (χ3n) is 4.48. The Balaban J connectivity index is 1.75. The highest BCUT2D eigenvalue weighted by Gasteiger charge is 2.36. The summed E-state index contributed by atoms with van der Waals surface area (Å²) in [4.78, 5) is 49.5. The van der Waals surface area contributed by atoms with Crippen molar-refractivity contribution in [3.05, 3.63) is 67.6 Å². The number of hydrogen-bond acceptors (Lipinski definition) is 8. The molecule has 2 aromatic rings. The van der Waals surface area contributed by atoms with E-state index in [4.69, 9.17) is 16.7 Å². The predicted molar refractivity (Wildman–Crippen MR) is 128 cm³/mol. The van der Waals surface area contributed by atoms with Gasteiger partial charge in [-0.3, -0.25) is 29.4 Å². The topological polar surface area (TPSA) is 130 Å². The summed E-state index contributed by atoms with van der Waals surface area (Å²) in [5.41, 5.74) is 1.43. The lowest BCUT2D eigenvalue weighted by molar-refractivity contribution is -0.387. The molecule has 0 aromatic heterocycles. The van der Waals surface area contributed by atoms with E-state index >= 15 is 0 Å². The highest BCUT2D eigenvalue weighted by atomic mass is 35.5. The Morgan fingerprint density at radius 2 is 2.06 bits per heavy atom. The van der Waals surface area contributed by atoms with Crippen molar-refractivity contribution in [1.29, 1.82) is 0 Å². The van der Waals surface area contributed by atoms with E-state index in [0.717, 1.165) is 22.2 Å². The van der Waals surface area contributed by atoms with Crippen LogP contribution in [-0.2, 0) is 9.59 Å². The van der Waals surface area contributed by atoms with Gasteiger partial charge in [0.15, 0.2) is 0 Å². The second kappa shape index (κ2) is 10.8. The summed E-state index contributed by atoms with van der Waals surface area (Å²) in [6, 6.07) is 9.37. The summed E-state index contributed by atoms with van der Waals surface area (Å²) in [5.74, 6) is -0.926. The number of halogens is 1. The van der Waals surface area contributed by atoms with Crippen molar-refractivity contribution in [2.45, 2.75) is 11.8 Å². The molecule has 0 unspecified atom stereocenters. The number of carbonyl (C=O) groups excluding carboxylic acids is 3. The molecule has 0 bridgehead atoms. The van der Waals surface area contributed by atoms with Crippen LogP contribution in [0.5, 0.6) is 0 Å². The number of nitro benzene ring substituents is 1. The van der Waals surface area contributed by atoms with Crippen molar-refractivity contribution in [2.75, 3.05) is 24.2 Å². The third kappa shape index (κ3) is 6.14. The first kappa shape index (κ1) is 24.8. The number of anilines is 1. The van der Waals surface area contributed by atoms with Crippen LogP contribution in [0.4, 0.5) is 16.2 Å². The molecular weight excluding hydrogens is 490 g/mol. The number of nitro groups is 1. The normalized spacial score (nSPS) is 14.8. The van der Waals surface area contributed by atoms with Crippen LogP contribution in [0.15, 0.2) is 46.2 Å². The summed E-state index contributed by atoms with van der Waals surface area (Å²) in [7, 11) is 0. The second-order valence-electron chi connectivity index (χ2n) is 6.83. The summed E-state index contributed by atoms with van der Waals surface area (Å²) in [6.45, 7) is 1.17. The summed E-state index contributed by atoms with van der Waals surface area (Å²) >= 11 is 7.73. The minimum absolute atomic E-state index is 0.0526. The quantitative estimate of drug-likeness (QED) is 0.234. The van der Waals surface area contributed by atoms with Crippen LogP contribution >= 0.6 is 35.1 Å². The molecule has 33 heavy (non-hydrogen) atoms. The van der Waals surface area contributed by atoms with Crippen LogP contribution in [-0.4, -0.2) is 50.9 Å². The Kier molecular flexibility index (Phi) is 8.14. The van der Waals surface area contributed by atoms with Crippen LogP contribution in [0.25, 0.3) is 6.08 Å². The molecule has 1 fully saturated rings. The molecular formula is C21H18ClN3O6S2. The van der Waals surface area contributed by atoms with Gasteiger partial charge < -0.3 is 10.4 Å². The fourth-order valence-electron chi connectivity index (χ4n) is 2.89. The molecule has 172 valence electrons. The Hall–Kier alpha value is -2.86. The zero-order valence-corrected chi connectivity index (χ0v) is 19.6. The van der Waals surface area contributed by atoms with Gasteiger partial charge in [-0.2, -0.15) is 0 Å². The van der Waals surface area contributed by atoms with Crippen LogP contribution < -0.4 is 5.32 Å². The van der Waals surface area contributed by atoms with Crippen LogP contribution in [0.1, 0.15) is 11.1 Å². The highest BCUT2D eigenvalue weighted by molar-refractivity contribution is 8.18. The molecule has 1 aliphatic heterocycles. The van der Waals surface area contributed by atoms with E-state index in [1.165, 1.54) is 18.2 Å². The molecule has 12 heteroatoms. The first-order chi connectivity index (χ1) is 15.7. The van der Waals surface area contributed by atoms with E-state index in [0.29, 0.717) is 38.7 Å². The lowest BCUT2D eigenvalue weighted by Gasteiger charge is -2.13. The van der Waals surface area contributed by atoms with Crippen molar-refractivity contribution in [2.24, 2.45) is 0 Å². The van der Waals surface area contributed by atoms with E-state index < -0.39 is 28.5 Å². The number of carbonyl (C=O) groups is 3. The Bertz CT molecular complexity index is 1170. The van der Waals surface area contributed by atoms with E-state index in [2.05, 4.69) is 5.32 Å². The number of aliphatic hydroxyl groups excluding tert-OH is 1. The van der Waals surface area contributed by atoms with E-state index in [1.807, 2.05) is 0 Å². The summed E-state index contributed by atoms with van der Waals surface area (Å²) in [6.07, 6.45) is 1.37. The number of benzene rings is 2. The zero-order valence-electron chi connectivity index (χ0n) is 17.2. The van der Waals surface area contributed by atoms with E-state index in [1.54, 1.807) is 31.2 Å². The molecule has 3 amide bonds. The van der Waals surface area contributed by atoms with Crippen molar-refractivity contribution >= 4 is 69.6 Å². The molecule has 1 aliphatic rings. The maximum absolute atomic E-state index is 12.7. The maximum atomic E-state index is 12.7. The highest BCUT2D eigenvalue weighted by Crippen LogP contribution is 2.35. The molecule has 9 nitrogen and oxygen atoms in total. The van der Waals surface area contributed by atoms with Gasteiger partial charge in [0, 0.05) is 22.5 Å². The number of nitrogens with one attached hydrogen (secondary N) is 1. The third-order valence-corrected chi connectivity index (χ3v) is 6.66. The van der Waals surface area contributed by atoms with Crippen LogP contribution in [0.2, 0.25) is 5.02 Å². The standard InChI is InChI=1S/C21H18ClN3O6S2/c1-12-2-4-14(22)10-15(12)23-19(27)11-24-20(28)18(33-21(24)29)9-13-3-5-17(32-7-6-26)16(8-13)25(30)31/h2-5,8-10,26H,6-7,11H2,1H3,(H,23,27)/b18-9-. The number of nitrogens with zero attached hydrogens (tertiary/aromatic N) is 2. The molecule has 1 heterocycles. The maximum Gasteiger partial charge on any atom is 0.294 e. The van der Waals surface area contributed by atoms with Gasteiger partial charge in [0.05, 0.1) is 21.3 Å². The fraction of sp³-hybridized carbons (Fsp3) is 0.190. The number of hydrogen-bond donors (Lipinski definition) is 2. The van der Waals surface area contributed by atoms with Gasteiger partial charge >= 0.3 is 0 Å². The van der Waals surface area contributed by atoms with Crippen LogP contribution in [0, 0.1) is 17.0 Å². The second-order valence-corrected chi connectivity index (χ2v) is 9.40. The van der Waals surface area contributed by atoms with Gasteiger partial charge in [-0.1, -0.05) is 23.7 Å². The number of thioether (sulfide) groups is 2. The van der Waals surface area contributed by atoms with Crippen molar-refractivity contribution in [3.8, 4) is 0 Å². The molecule has 1 saturated heterocycles. The summed E-state index contributed by atoms with van der Waals surface area (Å²) < 4.78 is 0. The number of amides is 3.